The van der Waals surface area contributed by atoms with E-state index >= 15 is 0 Å². The summed E-state index contributed by atoms with van der Waals surface area (Å²) in [6.45, 7) is 8.61. The summed E-state index contributed by atoms with van der Waals surface area (Å²) in [6.07, 6.45) is 2.57. The van der Waals surface area contributed by atoms with Crippen LogP contribution in [0.5, 0.6) is 0 Å². The van der Waals surface area contributed by atoms with E-state index in [-0.39, 0.29) is 6.17 Å². The van der Waals surface area contributed by atoms with E-state index in [1.54, 1.807) is 0 Å². The SMILES string of the molecule is CCCC(N)N(CC)CC. The van der Waals surface area contributed by atoms with E-state index in [2.05, 4.69) is 25.7 Å². The molecule has 0 rings (SSSR count). The maximum absolute atomic E-state index is 5.88. The lowest BCUT2D eigenvalue weighted by Gasteiger charge is -2.25. The largest absolute Gasteiger partial charge is 0.316 e. The van der Waals surface area contributed by atoms with Crippen molar-refractivity contribution in [2.24, 2.45) is 5.73 Å². The van der Waals surface area contributed by atoms with Gasteiger partial charge in [0.05, 0.1) is 6.17 Å². The smallest absolute Gasteiger partial charge is 0.0571 e. The lowest BCUT2D eigenvalue weighted by Crippen LogP contribution is -2.41. The standard InChI is InChI=1S/C8H20N2/c1-4-7-8(9)10(5-2)6-3/h8H,4-7,9H2,1-3H3. The number of hydrogen-bond donors (Lipinski definition) is 1. The fourth-order valence-electron chi connectivity index (χ4n) is 1.17. The molecular formula is C8H20N2. The Morgan fingerprint density at radius 1 is 1.20 bits per heavy atom. The molecule has 0 spiro atoms. The Morgan fingerprint density at radius 3 is 2.00 bits per heavy atom. The highest BCUT2D eigenvalue weighted by Gasteiger charge is 2.07. The first-order valence-corrected chi connectivity index (χ1v) is 4.25. The van der Waals surface area contributed by atoms with Crippen molar-refractivity contribution in [2.75, 3.05) is 13.1 Å². The van der Waals surface area contributed by atoms with E-state index < -0.39 is 0 Å². The molecule has 2 nitrogen and oxygen atoms in total. The molecule has 0 amide bonds. The first-order valence-electron chi connectivity index (χ1n) is 4.25. The maximum Gasteiger partial charge on any atom is 0.0571 e. The van der Waals surface area contributed by atoms with Crippen molar-refractivity contribution in [2.45, 2.75) is 39.8 Å². The third kappa shape index (κ3) is 3.18. The van der Waals surface area contributed by atoms with Gasteiger partial charge >= 0.3 is 0 Å². The van der Waals surface area contributed by atoms with Crippen molar-refractivity contribution in [3.8, 4) is 0 Å². The van der Waals surface area contributed by atoms with Gasteiger partial charge in [-0.05, 0) is 19.5 Å². The number of hydrogen-bond acceptors (Lipinski definition) is 2. The Kier molecular flexibility index (Phi) is 5.64. The highest BCUT2D eigenvalue weighted by molar-refractivity contribution is 4.61. The minimum Gasteiger partial charge on any atom is -0.316 e. The fourth-order valence-corrected chi connectivity index (χ4v) is 1.17. The molecule has 10 heavy (non-hydrogen) atoms. The van der Waals surface area contributed by atoms with E-state index in [0.29, 0.717) is 0 Å². The van der Waals surface area contributed by atoms with Gasteiger partial charge in [-0.25, -0.2) is 0 Å². The van der Waals surface area contributed by atoms with Crippen LogP contribution in [0.2, 0.25) is 0 Å². The molecule has 0 aromatic rings. The van der Waals surface area contributed by atoms with Crippen molar-refractivity contribution in [1.29, 1.82) is 0 Å². The van der Waals surface area contributed by atoms with Gasteiger partial charge in [0.15, 0.2) is 0 Å². The predicted octanol–water partition coefficient (Wildman–Crippen LogP) is 1.41. The first kappa shape index (κ1) is 9.92. The molecule has 0 radical (unpaired) electrons. The van der Waals surface area contributed by atoms with Crippen LogP contribution in [0.1, 0.15) is 33.6 Å². The first-order chi connectivity index (χ1) is 4.76. The molecule has 62 valence electrons. The van der Waals surface area contributed by atoms with Crippen LogP contribution in [0, 0.1) is 0 Å². The van der Waals surface area contributed by atoms with Crippen LogP contribution in [0.4, 0.5) is 0 Å². The summed E-state index contributed by atoms with van der Waals surface area (Å²) in [6, 6.07) is 0. The monoisotopic (exact) mass is 144 g/mol. The van der Waals surface area contributed by atoms with Crippen LogP contribution >= 0.6 is 0 Å². The zero-order valence-corrected chi connectivity index (χ0v) is 7.43. The zero-order chi connectivity index (χ0) is 7.98. The fraction of sp³-hybridized carbons (Fsp3) is 1.00. The normalized spacial score (nSPS) is 14.1. The Hall–Kier alpha value is -0.0800. The average molecular weight is 144 g/mol. The van der Waals surface area contributed by atoms with Gasteiger partial charge in [-0.1, -0.05) is 27.2 Å². The molecule has 0 aromatic carbocycles. The molecule has 2 N–H and O–H groups in total. The molecule has 0 saturated carbocycles. The second-order valence-electron chi connectivity index (χ2n) is 2.58. The molecule has 0 heterocycles. The van der Waals surface area contributed by atoms with Gasteiger partial charge in [0.2, 0.25) is 0 Å². The van der Waals surface area contributed by atoms with Gasteiger partial charge in [0.1, 0.15) is 0 Å². The molecule has 2 heteroatoms. The summed E-state index contributed by atoms with van der Waals surface area (Å²) in [4.78, 5) is 2.28. The second-order valence-corrected chi connectivity index (χ2v) is 2.58. The molecule has 1 atom stereocenters. The van der Waals surface area contributed by atoms with Crippen molar-refractivity contribution in [3.63, 3.8) is 0 Å². The number of nitrogens with zero attached hydrogens (tertiary/aromatic N) is 1. The van der Waals surface area contributed by atoms with Crippen LogP contribution in [-0.2, 0) is 0 Å². The number of rotatable bonds is 5. The molecule has 0 aliphatic carbocycles. The minimum atomic E-state index is 0.278. The summed E-state index contributed by atoms with van der Waals surface area (Å²) in [7, 11) is 0. The summed E-state index contributed by atoms with van der Waals surface area (Å²) in [5.74, 6) is 0. The summed E-state index contributed by atoms with van der Waals surface area (Å²) in [5.41, 5.74) is 5.88. The summed E-state index contributed by atoms with van der Waals surface area (Å²) in [5, 5.41) is 0. The van der Waals surface area contributed by atoms with Gasteiger partial charge in [0, 0.05) is 0 Å². The number of nitrogens with two attached hydrogens (primary N) is 1. The summed E-state index contributed by atoms with van der Waals surface area (Å²) >= 11 is 0. The van der Waals surface area contributed by atoms with Crippen molar-refractivity contribution < 1.29 is 0 Å². The van der Waals surface area contributed by atoms with Crippen LogP contribution < -0.4 is 5.73 Å². The van der Waals surface area contributed by atoms with Crippen LogP contribution in [0.15, 0.2) is 0 Å². The van der Waals surface area contributed by atoms with Gasteiger partial charge < -0.3 is 5.73 Å². The molecule has 0 aliphatic rings. The van der Waals surface area contributed by atoms with E-state index in [9.17, 15) is 0 Å². The highest BCUT2D eigenvalue weighted by atomic mass is 15.2. The van der Waals surface area contributed by atoms with Crippen molar-refractivity contribution in [1.82, 2.24) is 4.90 Å². The van der Waals surface area contributed by atoms with E-state index in [1.807, 2.05) is 0 Å². The van der Waals surface area contributed by atoms with Gasteiger partial charge in [-0.15, -0.1) is 0 Å². The molecular weight excluding hydrogens is 124 g/mol. The van der Waals surface area contributed by atoms with Crippen LogP contribution in [-0.4, -0.2) is 24.2 Å². The van der Waals surface area contributed by atoms with E-state index in [0.717, 1.165) is 19.5 Å². The molecule has 0 fully saturated rings. The molecule has 0 saturated heterocycles. The van der Waals surface area contributed by atoms with E-state index in [1.165, 1.54) is 6.42 Å². The molecule has 1 unspecified atom stereocenters. The van der Waals surface area contributed by atoms with Crippen molar-refractivity contribution in [3.05, 3.63) is 0 Å². The molecule has 0 aromatic heterocycles. The summed E-state index contributed by atoms with van der Waals surface area (Å²) < 4.78 is 0. The average Bonchev–Trinajstić information content (AvgIpc) is 1.91. The van der Waals surface area contributed by atoms with Gasteiger partial charge in [0.25, 0.3) is 0 Å². The quantitative estimate of drug-likeness (QED) is 0.591. The highest BCUT2D eigenvalue weighted by Crippen LogP contribution is 1.99. The zero-order valence-electron chi connectivity index (χ0n) is 7.43. The third-order valence-corrected chi connectivity index (χ3v) is 1.87. The second kappa shape index (κ2) is 5.69. The van der Waals surface area contributed by atoms with Crippen LogP contribution in [0.25, 0.3) is 0 Å². The lowest BCUT2D eigenvalue weighted by molar-refractivity contribution is 0.210. The van der Waals surface area contributed by atoms with Gasteiger partial charge in [-0.2, -0.15) is 0 Å². The van der Waals surface area contributed by atoms with Crippen LogP contribution in [0.3, 0.4) is 0 Å². The molecule has 0 bridgehead atoms. The van der Waals surface area contributed by atoms with Crippen molar-refractivity contribution >= 4 is 0 Å². The Labute approximate surface area is 64.4 Å². The van der Waals surface area contributed by atoms with E-state index in [4.69, 9.17) is 5.73 Å². The van der Waals surface area contributed by atoms with Gasteiger partial charge in [-0.3, -0.25) is 4.90 Å². The Morgan fingerprint density at radius 2 is 1.70 bits per heavy atom. The molecule has 0 aliphatic heterocycles. The third-order valence-electron chi connectivity index (χ3n) is 1.87. The predicted molar refractivity (Wildman–Crippen MR) is 45.8 cm³/mol. The lowest BCUT2D eigenvalue weighted by atomic mass is 10.2. The Balaban J connectivity index is 3.53. The Bertz CT molecular complexity index is 69.7. The topological polar surface area (TPSA) is 29.3 Å². The maximum atomic E-state index is 5.88. The minimum absolute atomic E-state index is 0.278.